The van der Waals surface area contributed by atoms with Crippen LogP contribution in [0.3, 0.4) is 0 Å². The van der Waals surface area contributed by atoms with Gasteiger partial charge in [0.2, 0.25) is 0 Å². The molecule has 0 amide bonds. The topological polar surface area (TPSA) is 50.2 Å². The molecule has 0 aliphatic carbocycles. The van der Waals surface area contributed by atoms with Crippen LogP contribution < -0.4 is 0 Å². The molecular weight excluding hydrogens is 286 g/mol. The molecule has 0 saturated carbocycles. The van der Waals surface area contributed by atoms with Gasteiger partial charge < -0.3 is 5.11 Å². The highest BCUT2D eigenvalue weighted by Crippen LogP contribution is 2.29. The summed E-state index contributed by atoms with van der Waals surface area (Å²) in [5.74, 6) is -0.324. The van der Waals surface area contributed by atoms with Gasteiger partial charge in [0, 0.05) is 23.9 Å². The predicted molar refractivity (Wildman–Crippen MR) is 89.1 cm³/mol. The maximum absolute atomic E-state index is 13.0. The number of benzene rings is 2. The van der Waals surface area contributed by atoms with Crippen LogP contribution in [0.4, 0.5) is 0 Å². The minimum Gasteiger partial charge on any atom is -0.376 e. The first-order valence-corrected chi connectivity index (χ1v) is 7.48. The van der Waals surface area contributed by atoms with Crippen molar-refractivity contribution in [2.75, 3.05) is 0 Å². The maximum atomic E-state index is 13.0. The summed E-state index contributed by atoms with van der Waals surface area (Å²) in [5.41, 5.74) is 0.0779. The Morgan fingerprint density at radius 1 is 0.870 bits per heavy atom. The third-order valence-corrected chi connectivity index (χ3v) is 3.83. The van der Waals surface area contributed by atoms with Crippen molar-refractivity contribution in [1.29, 1.82) is 0 Å². The van der Waals surface area contributed by atoms with Gasteiger partial charge in [-0.1, -0.05) is 66.7 Å². The number of pyridine rings is 1. The Kier molecular flexibility index (Phi) is 4.31. The summed E-state index contributed by atoms with van der Waals surface area (Å²) < 4.78 is 0. The van der Waals surface area contributed by atoms with E-state index in [1.807, 2.05) is 42.5 Å². The third kappa shape index (κ3) is 3.20. The number of rotatable bonds is 5. The van der Waals surface area contributed by atoms with Crippen molar-refractivity contribution >= 4 is 5.78 Å². The Hall–Kier alpha value is -2.78. The summed E-state index contributed by atoms with van der Waals surface area (Å²) in [6.07, 6.45) is 1.79. The van der Waals surface area contributed by atoms with E-state index in [1.165, 1.54) is 0 Å². The van der Waals surface area contributed by atoms with Crippen molar-refractivity contribution in [1.82, 2.24) is 4.98 Å². The number of hydrogen-bond donors (Lipinski definition) is 1. The minimum atomic E-state index is -1.64. The van der Waals surface area contributed by atoms with Crippen molar-refractivity contribution in [2.45, 2.75) is 12.0 Å². The minimum absolute atomic E-state index is 0.131. The SMILES string of the molecule is O=C(c1ccccc1)[C@@](O)(Cc1ccccn1)c1ccccc1. The van der Waals surface area contributed by atoms with Gasteiger partial charge in [-0.3, -0.25) is 9.78 Å². The van der Waals surface area contributed by atoms with Crippen molar-refractivity contribution in [3.63, 3.8) is 0 Å². The lowest BCUT2D eigenvalue weighted by atomic mass is 9.82. The number of carbonyl (C=O) groups is 1. The molecule has 1 atom stereocenters. The molecule has 3 aromatic rings. The molecule has 23 heavy (non-hydrogen) atoms. The average molecular weight is 303 g/mol. The molecular formula is C20H17NO2. The van der Waals surface area contributed by atoms with E-state index in [-0.39, 0.29) is 12.2 Å². The van der Waals surface area contributed by atoms with Gasteiger partial charge in [0.1, 0.15) is 0 Å². The fourth-order valence-electron chi connectivity index (χ4n) is 2.62. The van der Waals surface area contributed by atoms with Gasteiger partial charge in [0.25, 0.3) is 0 Å². The van der Waals surface area contributed by atoms with E-state index in [0.29, 0.717) is 16.8 Å². The van der Waals surface area contributed by atoms with Gasteiger partial charge in [0.15, 0.2) is 11.4 Å². The molecule has 0 aliphatic heterocycles. The number of ketones is 1. The Morgan fingerprint density at radius 3 is 2.09 bits per heavy atom. The molecule has 0 saturated heterocycles. The lowest BCUT2D eigenvalue weighted by molar-refractivity contribution is 0.0294. The molecule has 114 valence electrons. The second kappa shape index (κ2) is 6.55. The first-order valence-electron chi connectivity index (χ1n) is 7.48. The second-order valence-corrected chi connectivity index (χ2v) is 5.42. The summed E-state index contributed by atoms with van der Waals surface area (Å²) in [6, 6.07) is 23.4. The molecule has 1 heterocycles. The summed E-state index contributed by atoms with van der Waals surface area (Å²) in [5, 5.41) is 11.3. The molecule has 3 heteroatoms. The maximum Gasteiger partial charge on any atom is 0.199 e. The molecule has 0 unspecified atom stereocenters. The average Bonchev–Trinajstić information content (AvgIpc) is 2.63. The zero-order valence-corrected chi connectivity index (χ0v) is 12.6. The van der Waals surface area contributed by atoms with Crippen molar-refractivity contribution in [2.24, 2.45) is 0 Å². The van der Waals surface area contributed by atoms with Gasteiger partial charge in [-0.2, -0.15) is 0 Å². The van der Waals surface area contributed by atoms with E-state index < -0.39 is 5.60 Å². The third-order valence-electron chi connectivity index (χ3n) is 3.83. The van der Waals surface area contributed by atoms with Crippen LogP contribution in [0.1, 0.15) is 21.6 Å². The molecule has 0 aliphatic rings. The Labute approximate surface area is 135 Å². The fourth-order valence-corrected chi connectivity index (χ4v) is 2.62. The molecule has 3 nitrogen and oxygen atoms in total. The van der Waals surface area contributed by atoms with Crippen molar-refractivity contribution < 1.29 is 9.90 Å². The summed E-state index contributed by atoms with van der Waals surface area (Å²) in [6.45, 7) is 0. The van der Waals surface area contributed by atoms with E-state index in [1.54, 1.807) is 42.6 Å². The van der Waals surface area contributed by atoms with Crippen LogP contribution in [-0.2, 0) is 12.0 Å². The first-order chi connectivity index (χ1) is 11.2. The number of aromatic nitrogens is 1. The molecule has 0 fully saturated rings. The fraction of sp³-hybridized carbons (Fsp3) is 0.100. The molecule has 1 N–H and O–H groups in total. The summed E-state index contributed by atoms with van der Waals surface area (Å²) in [4.78, 5) is 17.2. The number of nitrogens with zero attached hydrogens (tertiary/aromatic N) is 1. The Morgan fingerprint density at radius 2 is 1.48 bits per heavy atom. The van der Waals surface area contributed by atoms with Crippen molar-refractivity contribution in [3.8, 4) is 0 Å². The number of hydrogen-bond acceptors (Lipinski definition) is 3. The quantitative estimate of drug-likeness (QED) is 0.735. The molecule has 0 spiro atoms. The van der Waals surface area contributed by atoms with Gasteiger partial charge >= 0.3 is 0 Å². The van der Waals surface area contributed by atoms with Gasteiger partial charge in [-0.25, -0.2) is 0 Å². The Bertz CT molecular complexity index is 773. The molecule has 0 bridgehead atoms. The summed E-state index contributed by atoms with van der Waals surface area (Å²) >= 11 is 0. The first kappa shape index (κ1) is 15.1. The molecule has 1 aromatic heterocycles. The molecule has 3 rings (SSSR count). The number of aliphatic hydroxyl groups is 1. The van der Waals surface area contributed by atoms with Crippen LogP contribution in [0.25, 0.3) is 0 Å². The normalized spacial score (nSPS) is 13.3. The zero-order chi connectivity index (χ0) is 16.1. The lowest BCUT2D eigenvalue weighted by Gasteiger charge is -2.27. The standard InChI is InChI=1S/C20H17NO2/c22-19(16-9-3-1-4-10-16)20(23,17-11-5-2-6-12-17)15-18-13-7-8-14-21-18/h1-14,23H,15H2/t20-/m1/s1. The highest BCUT2D eigenvalue weighted by Gasteiger charge is 2.38. The second-order valence-electron chi connectivity index (χ2n) is 5.42. The smallest absolute Gasteiger partial charge is 0.199 e. The Balaban J connectivity index is 2.05. The molecule has 0 radical (unpaired) electrons. The van der Waals surface area contributed by atoms with Crippen molar-refractivity contribution in [3.05, 3.63) is 102 Å². The van der Waals surface area contributed by atoms with E-state index in [2.05, 4.69) is 4.98 Å². The molecule has 2 aromatic carbocycles. The number of Topliss-reactive ketones (excluding diaryl/α,β-unsaturated/α-hetero) is 1. The van der Waals surface area contributed by atoms with Gasteiger partial charge in [-0.15, -0.1) is 0 Å². The van der Waals surface area contributed by atoms with E-state index in [4.69, 9.17) is 0 Å². The van der Waals surface area contributed by atoms with Gasteiger partial charge in [0.05, 0.1) is 0 Å². The van der Waals surface area contributed by atoms with E-state index in [9.17, 15) is 9.90 Å². The predicted octanol–water partition coefficient (Wildman–Crippen LogP) is 3.39. The van der Waals surface area contributed by atoms with Crippen LogP contribution in [-0.4, -0.2) is 15.9 Å². The van der Waals surface area contributed by atoms with Crippen LogP contribution in [0, 0.1) is 0 Å². The summed E-state index contributed by atoms with van der Waals surface area (Å²) in [7, 11) is 0. The monoisotopic (exact) mass is 303 g/mol. The number of carbonyl (C=O) groups excluding carboxylic acids is 1. The lowest BCUT2D eigenvalue weighted by Crippen LogP contribution is -2.38. The van der Waals surface area contributed by atoms with Crippen LogP contribution >= 0.6 is 0 Å². The highest BCUT2D eigenvalue weighted by molar-refractivity contribution is 6.03. The van der Waals surface area contributed by atoms with Crippen LogP contribution in [0.15, 0.2) is 85.1 Å². The van der Waals surface area contributed by atoms with E-state index >= 15 is 0 Å². The largest absolute Gasteiger partial charge is 0.376 e. The highest BCUT2D eigenvalue weighted by atomic mass is 16.3. The zero-order valence-electron chi connectivity index (χ0n) is 12.6. The van der Waals surface area contributed by atoms with Gasteiger partial charge in [-0.05, 0) is 17.7 Å². The van der Waals surface area contributed by atoms with E-state index in [0.717, 1.165) is 0 Å². The van der Waals surface area contributed by atoms with Crippen LogP contribution in [0.5, 0.6) is 0 Å². The van der Waals surface area contributed by atoms with Crippen LogP contribution in [0.2, 0.25) is 0 Å².